The Hall–Kier alpha value is -2.18. The van der Waals surface area contributed by atoms with Crippen molar-refractivity contribution < 1.29 is 17.8 Å². The van der Waals surface area contributed by atoms with E-state index in [4.69, 9.17) is 4.84 Å². The van der Waals surface area contributed by atoms with Gasteiger partial charge in [-0.05, 0) is 23.6 Å². The minimum Gasteiger partial charge on any atom is -0.388 e. The molecule has 0 aliphatic carbocycles. The van der Waals surface area contributed by atoms with Crippen molar-refractivity contribution in [3.05, 3.63) is 65.2 Å². The fourth-order valence-corrected chi connectivity index (χ4v) is 3.35. The summed E-state index contributed by atoms with van der Waals surface area (Å²) < 4.78 is 32.9. The monoisotopic (exact) mass is 317 g/mol. The van der Waals surface area contributed by atoms with Crippen LogP contribution < -0.4 is 0 Å². The largest absolute Gasteiger partial charge is 0.388 e. The summed E-state index contributed by atoms with van der Waals surface area (Å²) in [5.41, 5.74) is 2.24. The third-order valence-electron chi connectivity index (χ3n) is 3.60. The van der Waals surface area contributed by atoms with Crippen molar-refractivity contribution in [1.29, 1.82) is 0 Å². The summed E-state index contributed by atoms with van der Waals surface area (Å²) in [5.74, 6) is 0. The first-order valence-corrected chi connectivity index (χ1v) is 8.30. The highest BCUT2D eigenvalue weighted by molar-refractivity contribution is 7.85. The Morgan fingerprint density at radius 2 is 1.91 bits per heavy atom. The van der Waals surface area contributed by atoms with E-state index in [-0.39, 0.29) is 11.0 Å². The van der Waals surface area contributed by atoms with Gasteiger partial charge in [-0.1, -0.05) is 47.6 Å². The lowest BCUT2D eigenvalue weighted by Crippen LogP contribution is -2.10. The van der Waals surface area contributed by atoms with Gasteiger partial charge in [0.2, 0.25) is 0 Å². The van der Waals surface area contributed by atoms with Crippen molar-refractivity contribution in [3.63, 3.8) is 0 Å². The van der Waals surface area contributed by atoms with E-state index in [1.807, 2.05) is 36.4 Å². The molecule has 6 heteroatoms. The molecule has 2 aromatic rings. The summed E-state index contributed by atoms with van der Waals surface area (Å²) in [7, 11) is -4.30. The van der Waals surface area contributed by atoms with Crippen molar-refractivity contribution >= 4 is 16.3 Å². The van der Waals surface area contributed by atoms with Crippen molar-refractivity contribution in [2.45, 2.75) is 23.8 Å². The maximum absolute atomic E-state index is 11.7. The molecule has 0 radical (unpaired) electrons. The second-order valence-corrected chi connectivity index (χ2v) is 6.47. The zero-order valence-electron chi connectivity index (χ0n) is 11.7. The minimum atomic E-state index is -4.30. The van der Waals surface area contributed by atoms with Gasteiger partial charge in [-0.25, -0.2) is 0 Å². The summed E-state index contributed by atoms with van der Waals surface area (Å²) in [6.45, 7) is 0. The van der Waals surface area contributed by atoms with Crippen LogP contribution in [0.15, 0.2) is 58.6 Å². The van der Waals surface area contributed by atoms with Crippen LogP contribution in [0.25, 0.3) is 0 Å². The molecule has 1 aliphatic heterocycles. The molecule has 3 rings (SSSR count). The first-order valence-electron chi connectivity index (χ1n) is 6.86. The zero-order chi connectivity index (χ0) is 15.6. The third kappa shape index (κ3) is 3.03. The fraction of sp³-hybridized carbons (Fsp3) is 0.188. The van der Waals surface area contributed by atoms with Crippen LogP contribution in [0.2, 0.25) is 0 Å². The Bertz CT molecular complexity index is 792. The molecule has 0 amide bonds. The molecule has 1 N–H and O–H groups in total. The number of oxime groups is 1. The van der Waals surface area contributed by atoms with Gasteiger partial charge >= 0.3 is 0 Å². The van der Waals surface area contributed by atoms with E-state index in [2.05, 4.69) is 5.16 Å². The predicted octanol–water partition coefficient (Wildman–Crippen LogP) is 2.97. The molecule has 0 fully saturated rings. The second-order valence-electron chi connectivity index (χ2n) is 5.08. The molecule has 0 spiro atoms. The van der Waals surface area contributed by atoms with Crippen LogP contribution in [0.5, 0.6) is 0 Å². The smallest absolute Gasteiger partial charge is 0.294 e. The summed E-state index contributed by atoms with van der Waals surface area (Å²) in [5, 5.41) is 3.74. The average molecular weight is 317 g/mol. The van der Waals surface area contributed by atoms with Crippen molar-refractivity contribution in [1.82, 2.24) is 0 Å². The maximum Gasteiger partial charge on any atom is 0.294 e. The molecule has 1 atom stereocenters. The molecule has 114 valence electrons. The normalized spacial score (nSPS) is 17.4. The Morgan fingerprint density at radius 3 is 2.55 bits per heavy atom. The van der Waals surface area contributed by atoms with Gasteiger partial charge in [-0.3, -0.25) is 4.55 Å². The molecule has 0 bridgehead atoms. The quantitative estimate of drug-likeness (QED) is 0.880. The number of nitrogens with zero attached hydrogens (tertiary/aromatic N) is 1. The van der Waals surface area contributed by atoms with Gasteiger partial charge in [0.1, 0.15) is 0 Å². The number of hydrogen-bond donors (Lipinski definition) is 1. The molecule has 0 saturated carbocycles. The van der Waals surface area contributed by atoms with E-state index in [0.717, 1.165) is 11.1 Å². The van der Waals surface area contributed by atoms with Gasteiger partial charge < -0.3 is 4.84 Å². The van der Waals surface area contributed by atoms with Crippen LogP contribution in [0.3, 0.4) is 0 Å². The first-order chi connectivity index (χ1) is 10.6. The lowest BCUT2D eigenvalue weighted by Gasteiger charge is -2.17. The molecule has 0 aromatic heterocycles. The molecule has 1 heterocycles. The second kappa shape index (κ2) is 5.90. The van der Waals surface area contributed by atoms with Crippen LogP contribution in [-0.2, 0) is 21.4 Å². The average Bonchev–Trinajstić information content (AvgIpc) is 3.01. The molecule has 1 aliphatic rings. The van der Waals surface area contributed by atoms with Gasteiger partial charge in [-0.2, -0.15) is 8.42 Å². The molecule has 22 heavy (non-hydrogen) atoms. The Labute approximate surface area is 129 Å². The molecular weight excluding hydrogens is 302 g/mol. The van der Waals surface area contributed by atoms with E-state index in [1.54, 1.807) is 12.3 Å². The van der Waals surface area contributed by atoms with Crippen LogP contribution in [0.4, 0.5) is 0 Å². The Morgan fingerprint density at radius 1 is 1.14 bits per heavy atom. The van der Waals surface area contributed by atoms with Gasteiger partial charge in [0.25, 0.3) is 10.1 Å². The molecule has 2 aromatic carbocycles. The number of rotatable bonds is 4. The summed E-state index contributed by atoms with van der Waals surface area (Å²) in [6.07, 6.45) is 2.31. The predicted molar refractivity (Wildman–Crippen MR) is 82.4 cm³/mol. The van der Waals surface area contributed by atoms with Crippen molar-refractivity contribution in [2.75, 3.05) is 0 Å². The molecule has 1 unspecified atom stereocenters. The van der Waals surface area contributed by atoms with Gasteiger partial charge in [0.15, 0.2) is 6.10 Å². The van der Waals surface area contributed by atoms with Crippen LogP contribution in [0, 0.1) is 0 Å². The Balaban J connectivity index is 2.10. The molecule has 0 saturated heterocycles. The summed E-state index contributed by atoms with van der Waals surface area (Å²) in [6, 6.07) is 14.3. The lowest BCUT2D eigenvalue weighted by molar-refractivity contribution is 0.0850. The Kier molecular flexibility index (Phi) is 3.96. The number of benzene rings is 2. The SMILES string of the molecule is O=S(=O)(O)c1cccc(C2CC=NO2)c1Cc1ccccc1. The topological polar surface area (TPSA) is 76.0 Å². The maximum atomic E-state index is 11.7. The van der Waals surface area contributed by atoms with E-state index in [0.29, 0.717) is 18.4 Å². The van der Waals surface area contributed by atoms with E-state index >= 15 is 0 Å². The third-order valence-corrected chi connectivity index (χ3v) is 4.54. The van der Waals surface area contributed by atoms with E-state index in [9.17, 15) is 13.0 Å². The van der Waals surface area contributed by atoms with Crippen molar-refractivity contribution in [3.8, 4) is 0 Å². The lowest BCUT2D eigenvalue weighted by atomic mass is 9.95. The van der Waals surface area contributed by atoms with Crippen LogP contribution >= 0.6 is 0 Å². The standard InChI is InChI=1S/C16H15NO4S/c18-22(19,20)16-8-4-7-13(15-9-10-17-21-15)14(16)11-12-5-2-1-3-6-12/h1-8,10,15H,9,11H2,(H,18,19,20). The van der Waals surface area contributed by atoms with E-state index in [1.165, 1.54) is 6.07 Å². The summed E-state index contributed by atoms with van der Waals surface area (Å²) in [4.78, 5) is 5.20. The van der Waals surface area contributed by atoms with Crippen molar-refractivity contribution in [2.24, 2.45) is 5.16 Å². The zero-order valence-corrected chi connectivity index (χ0v) is 12.5. The highest BCUT2D eigenvalue weighted by Gasteiger charge is 2.25. The van der Waals surface area contributed by atoms with Gasteiger partial charge in [0.05, 0.1) is 4.90 Å². The fourth-order valence-electron chi connectivity index (χ4n) is 2.60. The van der Waals surface area contributed by atoms with Gasteiger partial charge in [-0.15, -0.1) is 0 Å². The van der Waals surface area contributed by atoms with Crippen LogP contribution in [-0.4, -0.2) is 19.2 Å². The van der Waals surface area contributed by atoms with E-state index < -0.39 is 10.1 Å². The minimum absolute atomic E-state index is 0.0793. The van der Waals surface area contributed by atoms with Gasteiger partial charge in [0, 0.05) is 18.2 Å². The highest BCUT2D eigenvalue weighted by atomic mass is 32.2. The van der Waals surface area contributed by atoms with Crippen LogP contribution in [0.1, 0.15) is 29.2 Å². The number of hydrogen-bond acceptors (Lipinski definition) is 4. The molecule has 5 nitrogen and oxygen atoms in total. The molecular formula is C16H15NO4S. The first kappa shape index (κ1) is 14.7. The summed E-state index contributed by atoms with van der Waals surface area (Å²) >= 11 is 0. The highest BCUT2D eigenvalue weighted by Crippen LogP contribution is 2.32.